The molecule has 0 spiro atoms. The van der Waals surface area contributed by atoms with Crippen LogP contribution in [0.15, 0.2) is 17.8 Å². The summed E-state index contributed by atoms with van der Waals surface area (Å²) in [4.78, 5) is 36.7. The van der Waals surface area contributed by atoms with E-state index in [-0.39, 0.29) is 17.4 Å². The summed E-state index contributed by atoms with van der Waals surface area (Å²) in [5.74, 6) is 0. The van der Waals surface area contributed by atoms with Gasteiger partial charge in [0.1, 0.15) is 6.10 Å². The summed E-state index contributed by atoms with van der Waals surface area (Å²) < 4.78 is 29.8. The van der Waals surface area contributed by atoms with Crippen molar-refractivity contribution in [3.63, 3.8) is 0 Å². The molecule has 10 nitrogen and oxygen atoms in total. The van der Waals surface area contributed by atoms with Crippen molar-refractivity contribution in [3.8, 4) is 0 Å². The maximum atomic E-state index is 11.3. The van der Waals surface area contributed by atoms with Crippen LogP contribution in [0.2, 0.25) is 0 Å². The van der Waals surface area contributed by atoms with Gasteiger partial charge in [-0.2, -0.15) is 0 Å². The van der Waals surface area contributed by atoms with E-state index in [2.05, 4.69) is 16.4 Å². The quantitative estimate of drug-likeness (QED) is 0.269. The fraction of sp³-hybridized carbons (Fsp3) is 0.714. The van der Waals surface area contributed by atoms with E-state index in [1.807, 2.05) is 20.8 Å². The van der Waals surface area contributed by atoms with Gasteiger partial charge in [0, 0.05) is 12.6 Å². The molecule has 2 rings (SSSR count). The Balaban J connectivity index is 1.95. The topological polar surface area (TPSA) is 158 Å². The number of rotatable bonds is 9. The lowest BCUT2D eigenvalue weighted by Gasteiger charge is -2.18. The molecule has 148 valence electrons. The van der Waals surface area contributed by atoms with Crippen LogP contribution in [0.5, 0.6) is 0 Å². The Morgan fingerprint density at radius 2 is 1.96 bits per heavy atom. The lowest BCUT2D eigenvalue weighted by atomic mass is 10.0. The molecule has 0 bridgehead atoms. The van der Waals surface area contributed by atoms with Gasteiger partial charge >= 0.3 is 15.2 Å². The Labute approximate surface area is 151 Å². The van der Waals surface area contributed by atoms with Crippen LogP contribution in [0, 0.1) is 0 Å². The summed E-state index contributed by atoms with van der Waals surface area (Å²) in [5, 5.41) is 5.50. The Morgan fingerprint density at radius 3 is 2.50 bits per heavy atom. The van der Waals surface area contributed by atoms with E-state index >= 15 is 0 Å². The number of nitrogens with zero attached hydrogens (tertiary/aromatic N) is 3. The molecule has 0 aromatic carbocycles. The molecule has 1 aromatic rings. The van der Waals surface area contributed by atoms with Crippen molar-refractivity contribution in [3.05, 3.63) is 23.5 Å². The van der Waals surface area contributed by atoms with E-state index in [4.69, 9.17) is 24.3 Å². The van der Waals surface area contributed by atoms with Gasteiger partial charge < -0.3 is 24.3 Å². The van der Waals surface area contributed by atoms with Gasteiger partial charge in [-0.3, -0.25) is 9.13 Å². The summed E-state index contributed by atoms with van der Waals surface area (Å²) in [5.41, 5.74) is 1.10. The molecule has 4 N–H and O–H groups in total. The summed E-state index contributed by atoms with van der Waals surface area (Å²) in [7, 11) is -9.96. The maximum absolute atomic E-state index is 11.3. The minimum absolute atomic E-state index is 0.0537. The molecule has 1 aromatic heterocycles. The highest BCUT2D eigenvalue weighted by Gasteiger charge is 2.51. The van der Waals surface area contributed by atoms with Crippen LogP contribution in [0.4, 0.5) is 0 Å². The Kier molecular flexibility index (Phi) is 6.30. The van der Waals surface area contributed by atoms with Gasteiger partial charge in [0.05, 0.1) is 17.8 Å². The van der Waals surface area contributed by atoms with Crippen LogP contribution in [-0.2, 0) is 26.8 Å². The van der Waals surface area contributed by atoms with Crippen molar-refractivity contribution < 1.29 is 33.4 Å². The second kappa shape index (κ2) is 7.64. The van der Waals surface area contributed by atoms with Crippen LogP contribution >= 0.6 is 15.2 Å². The molecule has 2 heterocycles. The first kappa shape index (κ1) is 21.4. The normalized spacial score (nSPS) is 23.3. The Hall–Kier alpha value is -0.860. The second-order valence-corrected chi connectivity index (χ2v) is 11.0. The first-order chi connectivity index (χ1) is 11.8. The van der Waals surface area contributed by atoms with E-state index < -0.39 is 27.0 Å². The number of allylic oxidation sites excluding steroid dienone is 2. The molecule has 1 fully saturated rings. The summed E-state index contributed by atoms with van der Waals surface area (Å²) in [6.45, 7) is 6.49. The van der Waals surface area contributed by atoms with Crippen LogP contribution < -0.4 is 0 Å². The third-order valence-corrected chi connectivity index (χ3v) is 8.06. The second-order valence-electron chi connectivity index (χ2n) is 7.03. The van der Waals surface area contributed by atoms with Gasteiger partial charge in [0.2, 0.25) is 0 Å². The Bertz CT molecular complexity index is 742. The number of aromatic nitrogens is 3. The largest absolute Gasteiger partial charge is 0.364 e. The fourth-order valence-corrected chi connectivity index (χ4v) is 5.12. The highest BCUT2D eigenvalue weighted by atomic mass is 31.2. The van der Waals surface area contributed by atoms with Crippen molar-refractivity contribution in [2.75, 3.05) is 0 Å². The van der Waals surface area contributed by atoms with Crippen molar-refractivity contribution in [2.24, 2.45) is 0 Å². The smallest absolute Gasteiger partial charge is 0.341 e. The average molecular weight is 409 g/mol. The molecule has 26 heavy (non-hydrogen) atoms. The molecule has 1 saturated heterocycles. The van der Waals surface area contributed by atoms with Crippen LogP contribution in [-0.4, -0.2) is 51.7 Å². The van der Waals surface area contributed by atoms with Crippen molar-refractivity contribution in [2.45, 2.75) is 63.7 Å². The lowest BCUT2D eigenvalue weighted by molar-refractivity contribution is 0.290. The molecule has 2 atom stereocenters. The molecule has 1 aliphatic heterocycles. The van der Waals surface area contributed by atoms with Crippen molar-refractivity contribution >= 4 is 15.2 Å². The van der Waals surface area contributed by atoms with Crippen LogP contribution in [0.3, 0.4) is 0 Å². The van der Waals surface area contributed by atoms with Gasteiger partial charge in [-0.15, -0.1) is 5.10 Å². The van der Waals surface area contributed by atoms with Gasteiger partial charge in [-0.1, -0.05) is 16.9 Å². The summed E-state index contributed by atoms with van der Waals surface area (Å²) in [6, 6.07) is 0. The molecule has 0 amide bonds. The highest BCUT2D eigenvalue weighted by molar-refractivity contribution is 7.70. The molecular weight excluding hydrogens is 384 g/mol. The zero-order chi connectivity index (χ0) is 19.8. The molecule has 0 aliphatic carbocycles. The van der Waals surface area contributed by atoms with Crippen molar-refractivity contribution in [1.82, 2.24) is 15.0 Å². The number of hydrogen-bond acceptors (Lipinski definition) is 5. The van der Waals surface area contributed by atoms with E-state index in [0.29, 0.717) is 6.54 Å². The van der Waals surface area contributed by atoms with Crippen LogP contribution in [0.25, 0.3) is 0 Å². The first-order valence-corrected chi connectivity index (χ1v) is 11.5. The fourth-order valence-electron chi connectivity index (χ4n) is 2.70. The Morgan fingerprint density at radius 1 is 1.35 bits per heavy atom. The third-order valence-electron chi connectivity index (χ3n) is 4.34. The third kappa shape index (κ3) is 5.82. The molecule has 0 unspecified atom stereocenters. The van der Waals surface area contributed by atoms with Gasteiger partial charge in [-0.05, 0) is 33.6 Å². The zero-order valence-electron chi connectivity index (χ0n) is 14.9. The van der Waals surface area contributed by atoms with Crippen molar-refractivity contribution in [1.29, 1.82) is 0 Å². The standard InChI is InChI=1S/C14H25N3O7P2/c1-10(2)5-4-6-14(3)12(24-14)9-17-8-11(15-16-17)7-13(25(18,19)20)26(21,22)23/h5,8,12-13H,4,6-7,9H2,1-3H3,(H2,18,19,20)(H2,21,22,23)/t12-,14+/m1/s1. The zero-order valence-corrected chi connectivity index (χ0v) is 16.7. The molecule has 0 saturated carbocycles. The van der Waals surface area contributed by atoms with E-state index in [0.717, 1.165) is 12.8 Å². The van der Waals surface area contributed by atoms with Gasteiger partial charge in [0.25, 0.3) is 0 Å². The number of hydrogen-bond donors (Lipinski definition) is 4. The predicted molar refractivity (Wildman–Crippen MR) is 93.5 cm³/mol. The maximum Gasteiger partial charge on any atom is 0.341 e. The van der Waals surface area contributed by atoms with E-state index in [1.54, 1.807) is 0 Å². The minimum atomic E-state index is -4.98. The predicted octanol–water partition coefficient (Wildman–Crippen LogP) is 1.41. The summed E-state index contributed by atoms with van der Waals surface area (Å²) in [6.07, 6.45) is 4.73. The molecular formula is C14H25N3O7P2. The minimum Gasteiger partial charge on any atom is -0.364 e. The molecule has 12 heteroatoms. The highest BCUT2D eigenvalue weighted by Crippen LogP contribution is 2.60. The van der Waals surface area contributed by atoms with E-state index in [9.17, 15) is 9.13 Å². The SMILES string of the molecule is CC(C)=CCC[C@]1(C)O[C@@H]1Cn1cc(CC(P(=O)(O)O)P(=O)(O)O)nn1. The van der Waals surface area contributed by atoms with Gasteiger partial charge in [-0.25, -0.2) is 4.68 Å². The number of epoxide rings is 1. The molecule has 0 radical (unpaired) electrons. The van der Waals surface area contributed by atoms with E-state index in [1.165, 1.54) is 16.5 Å². The number of ether oxygens (including phenoxy) is 1. The average Bonchev–Trinajstić information content (AvgIpc) is 2.88. The lowest BCUT2D eigenvalue weighted by Crippen LogP contribution is -2.15. The first-order valence-electron chi connectivity index (χ1n) is 8.12. The monoisotopic (exact) mass is 409 g/mol. The van der Waals surface area contributed by atoms with Gasteiger partial charge in [0.15, 0.2) is 5.40 Å². The summed E-state index contributed by atoms with van der Waals surface area (Å²) >= 11 is 0. The van der Waals surface area contributed by atoms with Crippen LogP contribution in [0.1, 0.15) is 39.3 Å². The molecule has 1 aliphatic rings.